The van der Waals surface area contributed by atoms with Crippen LogP contribution in [0.15, 0.2) is 84.9 Å². The third-order valence-corrected chi connectivity index (χ3v) is 8.55. The molecule has 0 unspecified atom stereocenters. The summed E-state index contributed by atoms with van der Waals surface area (Å²) in [5.74, 6) is 0. The maximum atomic E-state index is 2.69. The van der Waals surface area contributed by atoms with Gasteiger partial charge >= 0.3 is 0 Å². The van der Waals surface area contributed by atoms with E-state index in [4.69, 9.17) is 0 Å². The van der Waals surface area contributed by atoms with Crippen molar-refractivity contribution in [2.45, 2.75) is 97.9 Å². The van der Waals surface area contributed by atoms with Crippen LogP contribution in [0.3, 0.4) is 0 Å². The molecule has 0 saturated heterocycles. The van der Waals surface area contributed by atoms with Gasteiger partial charge in [0.2, 0.25) is 0 Å². The maximum Gasteiger partial charge on any atom is 0.0501 e. The number of benzene rings is 4. The molecule has 4 aromatic carbocycles. The molecule has 0 spiro atoms. The van der Waals surface area contributed by atoms with Gasteiger partial charge in [-0.2, -0.15) is 0 Å². The minimum atomic E-state index is -0.171. The molecule has 40 heavy (non-hydrogen) atoms. The molecule has 5 rings (SSSR count). The van der Waals surface area contributed by atoms with Gasteiger partial charge in [-0.25, -0.2) is 0 Å². The quantitative estimate of drug-likeness (QED) is 0.255. The molecule has 208 valence electrons. The van der Waals surface area contributed by atoms with Crippen LogP contribution in [0.25, 0.3) is 22.3 Å². The molecule has 0 fully saturated rings. The van der Waals surface area contributed by atoms with Crippen molar-refractivity contribution in [3.8, 4) is 22.3 Å². The Morgan fingerprint density at radius 2 is 1.12 bits per heavy atom. The van der Waals surface area contributed by atoms with Crippen LogP contribution in [-0.4, -0.2) is 5.54 Å². The summed E-state index contributed by atoms with van der Waals surface area (Å²) in [7, 11) is 0. The number of fused-ring (bicyclic) bond motifs is 3. The number of nitrogens with zero attached hydrogens (tertiary/aromatic N) is 1. The fourth-order valence-electron chi connectivity index (χ4n) is 6.66. The second-order valence-electron chi connectivity index (χ2n) is 15.2. The van der Waals surface area contributed by atoms with Gasteiger partial charge in [0, 0.05) is 16.6 Å². The van der Waals surface area contributed by atoms with E-state index >= 15 is 0 Å². The lowest BCUT2D eigenvalue weighted by Gasteiger charge is -2.45. The Hall–Kier alpha value is -3.32. The normalized spacial score (nSPS) is 14.6. The summed E-state index contributed by atoms with van der Waals surface area (Å²) in [5, 5.41) is 0. The minimum absolute atomic E-state index is 0.0214. The molecule has 0 aromatic heterocycles. The van der Waals surface area contributed by atoms with Gasteiger partial charge in [0.15, 0.2) is 0 Å². The molecule has 0 saturated carbocycles. The van der Waals surface area contributed by atoms with E-state index in [1.54, 1.807) is 0 Å². The van der Waals surface area contributed by atoms with Crippen LogP contribution in [0.5, 0.6) is 0 Å². The summed E-state index contributed by atoms with van der Waals surface area (Å²) < 4.78 is 0. The van der Waals surface area contributed by atoms with E-state index < -0.39 is 0 Å². The van der Waals surface area contributed by atoms with Crippen LogP contribution in [-0.2, 0) is 16.2 Å². The Bertz CT molecular complexity index is 1550. The standard InChI is InChI=1S/C39H47N/c1-36(2,3)31-23-21-27(26-17-13-12-14-18-26)25-33(31)40(38(7,8)9)35-32(37(4,5)6)24-22-29-28-19-15-16-20-30(28)39(10,11)34(29)35/h12-25H,1-11H3. The summed E-state index contributed by atoms with van der Waals surface area (Å²) in [6, 6.07) is 31.7. The van der Waals surface area contributed by atoms with Crippen LogP contribution in [0.1, 0.15) is 98.4 Å². The first kappa shape index (κ1) is 28.2. The van der Waals surface area contributed by atoms with Crippen LogP contribution >= 0.6 is 0 Å². The molecular weight excluding hydrogens is 482 g/mol. The lowest BCUT2D eigenvalue weighted by molar-refractivity contribution is 0.526. The fourth-order valence-corrected chi connectivity index (χ4v) is 6.66. The molecular formula is C39H47N. The van der Waals surface area contributed by atoms with E-state index in [0.717, 1.165) is 0 Å². The van der Waals surface area contributed by atoms with E-state index in [0.29, 0.717) is 0 Å². The smallest absolute Gasteiger partial charge is 0.0501 e. The molecule has 0 heterocycles. The van der Waals surface area contributed by atoms with E-state index in [1.165, 1.54) is 55.9 Å². The molecule has 0 bridgehead atoms. The van der Waals surface area contributed by atoms with Gasteiger partial charge in [0.25, 0.3) is 0 Å². The van der Waals surface area contributed by atoms with Gasteiger partial charge in [-0.3, -0.25) is 0 Å². The zero-order valence-corrected chi connectivity index (χ0v) is 26.5. The average Bonchev–Trinajstić information content (AvgIpc) is 3.10. The van der Waals surface area contributed by atoms with Gasteiger partial charge in [-0.1, -0.05) is 134 Å². The maximum absolute atomic E-state index is 2.69. The molecule has 0 N–H and O–H groups in total. The lowest BCUT2D eigenvalue weighted by Crippen LogP contribution is -2.42. The van der Waals surface area contributed by atoms with E-state index in [1.807, 2.05) is 0 Å². The van der Waals surface area contributed by atoms with Crippen molar-refractivity contribution in [2.75, 3.05) is 4.90 Å². The summed E-state index contributed by atoms with van der Waals surface area (Å²) >= 11 is 0. The Morgan fingerprint density at radius 3 is 1.73 bits per heavy atom. The second-order valence-corrected chi connectivity index (χ2v) is 15.2. The fraction of sp³-hybridized carbons (Fsp3) is 0.385. The minimum Gasteiger partial charge on any atom is -0.335 e. The van der Waals surface area contributed by atoms with Gasteiger partial charge in [-0.15, -0.1) is 0 Å². The molecule has 1 nitrogen and oxygen atoms in total. The monoisotopic (exact) mass is 529 g/mol. The van der Waals surface area contributed by atoms with Crippen molar-refractivity contribution in [2.24, 2.45) is 0 Å². The van der Waals surface area contributed by atoms with E-state index in [9.17, 15) is 0 Å². The van der Waals surface area contributed by atoms with E-state index in [-0.39, 0.29) is 21.8 Å². The van der Waals surface area contributed by atoms with Crippen LogP contribution in [0.2, 0.25) is 0 Å². The summed E-state index contributed by atoms with van der Waals surface area (Å²) in [6.45, 7) is 26.1. The third-order valence-electron chi connectivity index (χ3n) is 8.55. The molecule has 1 heteroatoms. The van der Waals surface area contributed by atoms with Crippen molar-refractivity contribution in [3.63, 3.8) is 0 Å². The highest BCUT2D eigenvalue weighted by Crippen LogP contribution is 2.57. The van der Waals surface area contributed by atoms with E-state index in [2.05, 4.69) is 166 Å². The van der Waals surface area contributed by atoms with Gasteiger partial charge < -0.3 is 4.90 Å². The van der Waals surface area contributed by atoms with Crippen LogP contribution in [0.4, 0.5) is 11.4 Å². The zero-order valence-electron chi connectivity index (χ0n) is 26.5. The number of anilines is 2. The van der Waals surface area contributed by atoms with Crippen molar-refractivity contribution in [1.29, 1.82) is 0 Å². The molecule has 0 amide bonds. The molecule has 1 aliphatic rings. The number of rotatable bonds is 3. The Morgan fingerprint density at radius 1 is 0.550 bits per heavy atom. The van der Waals surface area contributed by atoms with Crippen LogP contribution in [0, 0.1) is 0 Å². The summed E-state index contributed by atoms with van der Waals surface area (Å²) in [4.78, 5) is 2.69. The summed E-state index contributed by atoms with van der Waals surface area (Å²) in [5.41, 5.74) is 13.2. The largest absolute Gasteiger partial charge is 0.335 e. The van der Waals surface area contributed by atoms with Crippen molar-refractivity contribution >= 4 is 11.4 Å². The summed E-state index contributed by atoms with van der Waals surface area (Å²) in [6.07, 6.45) is 0. The first-order chi connectivity index (χ1) is 18.5. The van der Waals surface area contributed by atoms with Gasteiger partial charge in [-0.05, 0) is 82.2 Å². The Labute approximate surface area is 243 Å². The number of hydrogen-bond acceptors (Lipinski definition) is 1. The van der Waals surface area contributed by atoms with Crippen LogP contribution < -0.4 is 4.90 Å². The molecule has 4 aromatic rings. The zero-order chi connectivity index (χ0) is 29.3. The Kier molecular flexibility index (Phi) is 6.61. The molecule has 0 radical (unpaired) electrons. The predicted octanol–water partition coefficient (Wildman–Crippen LogP) is 11.2. The molecule has 0 atom stereocenters. The Balaban J connectivity index is 1.92. The second kappa shape index (κ2) is 9.37. The van der Waals surface area contributed by atoms with Crippen molar-refractivity contribution < 1.29 is 0 Å². The van der Waals surface area contributed by atoms with Gasteiger partial charge in [0.1, 0.15) is 0 Å². The first-order valence-corrected chi connectivity index (χ1v) is 14.8. The highest BCUT2D eigenvalue weighted by Gasteiger charge is 2.43. The topological polar surface area (TPSA) is 3.24 Å². The highest BCUT2D eigenvalue weighted by molar-refractivity contribution is 5.91. The highest BCUT2D eigenvalue weighted by atomic mass is 15.2. The molecule has 1 aliphatic carbocycles. The van der Waals surface area contributed by atoms with Crippen molar-refractivity contribution in [1.82, 2.24) is 0 Å². The third kappa shape index (κ3) is 4.68. The average molecular weight is 530 g/mol. The lowest BCUT2D eigenvalue weighted by atomic mass is 9.75. The number of hydrogen-bond donors (Lipinski definition) is 0. The molecule has 0 aliphatic heterocycles. The van der Waals surface area contributed by atoms with Gasteiger partial charge in [0.05, 0.1) is 5.69 Å². The first-order valence-electron chi connectivity index (χ1n) is 14.8. The predicted molar refractivity (Wildman–Crippen MR) is 175 cm³/mol. The SMILES string of the molecule is CC(C)(C)c1ccc(-c2ccccc2)cc1N(c1c(C(C)(C)C)ccc2c1C(C)(C)c1ccccc1-2)C(C)(C)C. The van der Waals surface area contributed by atoms with Crippen molar-refractivity contribution in [3.05, 3.63) is 107 Å².